The van der Waals surface area contributed by atoms with Gasteiger partial charge in [0.25, 0.3) is 0 Å². The van der Waals surface area contributed by atoms with Gasteiger partial charge >= 0.3 is 0 Å². The van der Waals surface area contributed by atoms with Crippen LogP contribution in [0.4, 0.5) is 4.39 Å². The summed E-state index contributed by atoms with van der Waals surface area (Å²) < 4.78 is 18.7. The fourth-order valence-electron chi connectivity index (χ4n) is 2.09. The molecule has 3 nitrogen and oxygen atoms in total. The Kier molecular flexibility index (Phi) is 5.86. The van der Waals surface area contributed by atoms with Gasteiger partial charge in [-0.25, -0.2) is 4.39 Å². The predicted molar refractivity (Wildman–Crippen MR) is 90.6 cm³/mol. The lowest BCUT2D eigenvalue weighted by molar-refractivity contribution is -0.117. The van der Waals surface area contributed by atoms with Crippen LogP contribution in [-0.4, -0.2) is 5.78 Å². The quantitative estimate of drug-likeness (QED) is 0.579. The highest BCUT2D eigenvalue weighted by atomic mass is 19.1. The Morgan fingerprint density at radius 2 is 1.96 bits per heavy atom. The normalized spacial score (nSPS) is 11.2. The van der Waals surface area contributed by atoms with Crippen molar-refractivity contribution in [3.05, 3.63) is 71.0 Å². The van der Waals surface area contributed by atoms with Crippen LogP contribution in [0.3, 0.4) is 0 Å². The fourth-order valence-corrected chi connectivity index (χ4v) is 2.09. The standard InChI is InChI=1S/C20H18FNO2/c1-14(2)20(23)17(12-22)10-15-6-8-19(9-7-15)24-13-16-4-3-5-18(21)11-16/h3-11,14H,13H2,1-2H3/b17-10-. The average Bonchev–Trinajstić information content (AvgIpc) is 2.58. The molecule has 0 aliphatic carbocycles. The number of Topliss-reactive ketones (excluding diaryl/α,β-unsaturated/α-hetero) is 1. The Morgan fingerprint density at radius 3 is 2.54 bits per heavy atom. The highest BCUT2D eigenvalue weighted by Crippen LogP contribution is 2.17. The lowest BCUT2D eigenvalue weighted by Gasteiger charge is -2.07. The van der Waals surface area contributed by atoms with E-state index in [1.165, 1.54) is 12.1 Å². The van der Waals surface area contributed by atoms with Crippen LogP contribution in [0.25, 0.3) is 6.08 Å². The van der Waals surface area contributed by atoms with Crippen molar-refractivity contribution in [1.82, 2.24) is 0 Å². The maximum Gasteiger partial charge on any atom is 0.175 e. The van der Waals surface area contributed by atoms with Gasteiger partial charge in [0.1, 0.15) is 24.2 Å². The number of nitriles is 1. The van der Waals surface area contributed by atoms with Crippen LogP contribution < -0.4 is 4.74 Å². The first-order valence-electron chi connectivity index (χ1n) is 7.63. The minimum Gasteiger partial charge on any atom is -0.489 e. The van der Waals surface area contributed by atoms with Crippen molar-refractivity contribution in [1.29, 1.82) is 5.26 Å². The van der Waals surface area contributed by atoms with E-state index in [0.717, 1.165) is 11.1 Å². The van der Waals surface area contributed by atoms with Crippen LogP contribution in [-0.2, 0) is 11.4 Å². The first-order chi connectivity index (χ1) is 11.5. The maximum atomic E-state index is 13.1. The molecule has 0 atom stereocenters. The number of nitrogens with zero attached hydrogens (tertiary/aromatic N) is 1. The molecule has 122 valence electrons. The molecule has 0 saturated carbocycles. The monoisotopic (exact) mass is 323 g/mol. The van der Waals surface area contributed by atoms with Crippen molar-refractivity contribution < 1.29 is 13.9 Å². The molecule has 0 radical (unpaired) electrons. The second kappa shape index (κ2) is 8.07. The Hall–Kier alpha value is -2.93. The summed E-state index contributed by atoms with van der Waals surface area (Å²) in [5, 5.41) is 9.10. The first kappa shape index (κ1) is 17.4. The van der Waals surface area contributed by atoms with Crippen LogP contribution in [0, 0.1) is 23.1 Å². The molecule has 0 fully saturated rings. The van der Waals surface area contributed by atoms with Gasteiger partial charge < -0.3 is 4.74 Å². The molecule has 0 amide bonds. The van der Waals surface area contributed by atoms with E-state index in [9.17, 15) is 9.18 Å². The summed E-state index contributed by atoms with van der Waals surface area (Å²) >= 11 is 0. The topological polar surface area (TPSA) is 50.1 Å². The minimum absolute atomic E-state index is 0.137. The molecule has 2 rings (SSSR count). The molecule has 0 spiro atoms. The zero-order valence-corrected chi connectivity index (χ0v) is 13.6. The zero-order chi connectivity index (χ0) is 17.5. The predicted octanol–water partition coefficient (Wildman–Crippen LogP) is 4.54. The smallest absolute Gasteiger partial charge is 0.175 e. The molecule has 0 heterocycles. The lowest BCUT2D eigenvalue weighted by atomic mass is 10.00. The zero-order valence-electron chi connectivity index (χ0n) is 13.6. The van der Waals surface area contributed by atoms with Gasteiger partial charge in [-0.15, -0.1) is 0 Å². The number of carbonyl (C=O) groups is 1. The van der Waals surface area contributed by atoms with E-state index in [-0.39, 0.29) is 29.7 Å². The molecule has 2 aromatic carbocycles. The van der Waals surface area contributed by atoms with E-state index in [4.69, 9.17) is 10.00 Å². The Morgan fingerprint density at radius 1 is 1.25 bits per heavy atom. The molecule has 2 aromatic rings. The number of hydrogen-bond donors (Lipinski definition) is 0. The van der Waals surface area contributed by atoms with E-state index >= 15 is 0 Å². The van der Waals surface area contributed by atoms with Crippen molar-refractivity contribution in [3.63, 3.8) is 0 Å². The van der Waals surface area contributed by atoms with Crippen LogP contribution in [0.5, 0.6) is 5.75 Å². The average molecular weight is 323 g/mol. The molecule has 0 N–H and O–H groups in total. The van der Waals surface area contributed by atoms with Gasteiger partial charge in [-0.3, -0.25) is 4.79 Å². The molecule has 0 aromatic heterocycles. The van der Waals surface area contributed by atoms with E-state index in [1.807, 2.05) is 6.07 Å². The third-order valence-electron chi connectivity index (χ3n) is 3.40. The van der Waals surface area contributed by atoms with Crippen LogP contribution in [0.15, 0.2) is 54.1 Å². The molecule has 0 bridgehead atoms. The summed E-state index contributed by atoms with van der Waals surface area (Å²) in [4.78, 5) is 11.9. The Labute approximate surface area is 141 Å². The molecule has 4 heteroatoms. The van der Waals surface area contributed by atoms with Crippen LogP contribution in [0.2, 0.25) is 0 Å². The van der Waals surface area contributed by atoms with E-state index < -0.39 is 0 Å². The number of halogens is 1. The van der Waals surface area contributed by atoms with Crippen molar-refractivity contribution in [2.75, 3.05) is 0 Å². The molecule has 0 unspecified atom stereocenters. The number of ketones is 1. The molecule has 0 saturated heterocycles. The van der Waals surface area contributed by atoms with Gasteiger partial charge in [0.05, 0.1) is 5.57 Å². The third kappa shape index (κ3) is 4.79. The number of hydrogen-bond acceptors (Lipinski definition) is 3. The van der Waals surface area contributed by atoms with Gasteiger partial charge in [0.15, 0.2) is 5.78 Å². The molecular weight excluding hydrogens is 305 g/mol. The summed E-state index contributed by atoms with van der Waals surface area (Å²) in [7, 11) is 0. The van der Waals surface area contributed by atoms with Gasteiger partial charge in [0, 0.05) is 5.92 Å². The van der Waals surface area contributed by atoms with Crippen LogP contribution in [0.1, 0.15) is 25.0 Å². The SMILES string of the molecule is CC(C)C(=O)/C(C#N)=C\c1ccc(OCc2cccc(F)c2)cc1. The molecule has 0 aliphatic rings. The molecular formula is C20H18FNO2. The third-order valence-corrected chi connectivity index (χ3v) is 3.40. The number of carbonyl (C=O) groups excluding carboxylic acids is 1. The van der Waals surface area contributed by atoms with E-state index in [0.29, 0.717) is 5.75 Å². The summed E-state index contributed by atoms with van der Waals surface area (Å²) in [5.41, 5.74) is 1.63. The Balaban J connectivity index is 2.05. The summed E-state index contributed by atoms with van der Waals surface area (Å²) in [5.74, 6) is -0.0609. The van der Waals surface area contributed by atoms with E-state index in [1.54, 1.807) is 56.3 Å². The van der Waals surface area contributed by atoms with Gasteiger partial charge in [-0.1, -0.05) is 38.1 Å². The number of benzene rings is 2. The van der Waals surface area contributed by atoms with Crippen molar-refractivity contribution >= 4 is 11.9 Å². The lowest BCUT2D eigenvalue weighted by Crippen LogP contribution is -2.08. The first-order valence-corrected chi connectivity index (χ1v) is 7.63. The number of allylic oxidation sites excluding steroid dienone is 1. The van der Waals surface area contributed by atoms with Crippen molar-refractivity contribution in [2.45, 2.75) is 20.5 Å². The van der Waals surface area contributed by atoms with E-state index in [2.05, 4.69) is 0 Å². The second-order valence-corrected chi connectivity index (χ2v) is 5.68. The van der Waals surface area contributed by atoms with Crippen LogP contribution >= 0.6 is 0 Å². The van der Waals surface area contributed by atoms with Crippen molar-refractivity contribution in [3.8, 4) is 11.8 Å². The molecule has 24 heavy (non-hydrogen) atoms. The van der Waals surface area contributed by atoms with Gasteiger partial charge in [-0.2, -0.15) is 5.26 Å². The fraction of sp³-hybridized carbons (Fsp3) is 0.200. The second-order valence-electron chi connectivity index (χ2n) is 5.68. The molecule has 0 aliphatic heterocycles. The highest BCUT2D eigenvalue weighted by molar-refractivity contribution is 6.04. The maximum absolute atomic E-state index is 13.1. The Bertz CT molecular complexity index is 786. The minimum atomic E-state index is -0.296. The summed E-state index contributed by atoms with van der Waals surface area (Å²) in [6, 6.07) is 15.2. The van der Waals surface area contributed by atoms with Gasteiger partial charge in [-0.05, 0) is 41.5 Å². The van der Waals surface area contributed by atoms with Crippen molar-refractivity contribution in [2.24, 2.45) is 5.92 Å². The largest absolute Gasteiger partial charge is 0.489 e. The summed E-state index contributed by atoms with van der Waals surface area (Å²) in [6.45, 7) is 3.79. The highest BCUT2D eigenvalue weighted by Gasteiger charge is 2.13. The number of rotatable bonds is 6. The number of ether oxygens (including phenoxy) is 1. The van der Waals surface area contributed by atoms with Gasteiger partial charge in [0.2, 0.25) is 0 Å². The summed E-state index contributed by atoms with van der Waals surface area (Å²) in [6.07, 6.45) is 1.57.